The van der Waals surface area contributed by atoms with E-state index in [9.17, 15) is 0 Å². The van der Waals surface area contributed by atoms with Gasteiger partial charge in [-0.3, -0.25) is 0 Å². The van der Waals surface area contributed by atoms with Crippen LogP contribution in [0.25, 0.3) is 0 Å². The van der Waals surface area contributed by atoms with Crippen LogP contribution in [-0.2, 0) is 17.8 Å². The van der Waals surface area contributed by atoms with Crippen LogP contribution in [0.15, 0.2) is 47.6 Å². The minimum atomic E-state index is 0.485. The summed E-state index contributed by atoms with van der Waals surface area (Å²) in [6.45, 7) is 7.63. The first-order valence-electron chi connectivity index (χ1n) is 9.56. The van der Waals surface area contributed by atoms with Gasteiger partial charge in [0.05, 0.1) is 19.8 Å². The number of aliphatic imine (C=N–C) groups is 1. The van der Waals surface area contributed by atoms with E-state index in [0.717, 1.165) is 29.4 Å². The van der Waals surface area contributed by atoms with Crippen molar-refractivity contribution < 1.29 is 14.2 Å². The maximum atomic E-state index is 5.68. The maximum absolute atomic E-state index is 5.68. The van der Waals surface area contributed by atoms with Gasteiger partial charge in [-0.25, -0.2) is 9.98 Å². The number of nitrogens with one attached hydrogen (secondary N) is 2. The van der Waals surface area contributed by atoms with Crippen LogP contribution in [-0.4, -0.2) is 44.4 Å². The Morgan fingerprint density at radius 3 is 2.61 bits per heavy atom. The average Bonchev–Trinajstić information content (AvgIpc) is 2.72. The normalized spacial score (nSPS) is 11.2. The molecule has 0 atom stereocenters. The van der Waals surface area contributed by atoms with Gasteiger partial charge in [-0.15, -0.1) is 0 Å². The summed E-state index contributed by atoms with van der Waals surface area (Å²) in [6.07, 6.45) is 1.78. The maximum Gasteiger partial charge on any atom is 0.213 e. The Hall–Kier alpha value is -2.80. The number of ether oxygens (including phenoxy) is 3. The zero-order chi connectivity index (χ0) is 20.0. The van der Waals surface area contributed by atoms with Gasteiger partial charge in [0, 0.05) is 38.0 Å². The molecule has 1 aromatic heterocycles. The van der Waals surface area contributed by atoms with E-state index in [4.69, 9.17) is 14.2 Å². The lowest BCUT2D eigenvalue weighted by atomic mass is 10.2. The van der Waals surface area contributed by atoms with Crippen molar-refractivity contribution >= 4 is 5.96 Å². The Balaban J connectivity index is 1.93. The molecule has 2 rings (SSSR count). The lowest BCUT2D eigenvalue weighted by Gasteiger charge is -2.14. The highest BCUT2D eigenvalue weighted by atomic mass is 16.5. The molecule has 28 heavy (non-hydrogen) atoms. The van der Waals surface area contributed by atoms with Crippen LogP contribution >= 0.6 is 0 Å². The average molecular weight is 386 g/mol. The predicted octanol–water partition coefficient (Wildman–Crippen LogP) is 2.76. The fraction of sp³-hybridized carbons (Fsp3) is 0.429. The molecule has 0 aliphatic rings. The molecule has 0 saturated heterocycles. The minimum absolute atomic E-state index is 0.485. The third-order valence-electron chi connectivity index (χ3n) is 3.82. The Morgan fingerprint density at radius 2 is 1.89 bits per heavy atom. The minimum Gasteiger partial charge on any atom is -0.494 e. The topological polar surface area (TPSA) is 77.0 Å². The Morgan fingerprint density at radius 1 is 1.04 bits per heavy atom. The van der Waals surface area contributed by atoms with E-state index >= 15 is 0 Å². The molecule has 0 saturated carbocycles. The molecule has 0 bridgehead atoms. The Kier molecular flexibility index (Phi) is 9.65. The highest BCUT2D eigenvalue weighted by molar-refractivity contribution is 5.79. The van der Waals surface area contributed by atoms with Gasteiger partial charge in [-0.05, 0) is 25.5 Å². The fourth-order valence-electron chi connectivity index (χ4n) is 2.46. The number of aromatic nitrogens is 1. The van der Waals surface area contributed by atoms with E-state index < -0.39 is 0 Å². The summed E-state index contributed by atoms with van der Waals surface area (Å²) in [4.78, 5) is 8.93. The number of benzene rings is 1. The molecule has 0 fully saturated rings. The van der Waals surface area contributed by atoms with Crippen molar-refractivity contribution in [1.29, 1.82) is 0 Å². The van der Waals surface area contributed by atoms with Crippen molar-refractivity contribution in [3.05, 3.63) is 53.7 Å². The van der Waals surface area contributed by atoms with Crippen LogP contribution in [0, 0.1) is 0 Å². The summed E-state index contributed by atoms with van der Waals surface area (Å²) in [6, 6.07) is 11.8. The molecule has 0 radical (unpaired) electrons. The van der Waals surface area contributed by atoms with Crippen LogP contribution < -0.4 is 20.1 Å². The van der Waals surface area contributed by atoms with Crippen LogP contribution in [0.2, 0.25) is 0 Å². The van der Waals surface area contributed by atoms with E-state index in [-0.39, 0.29) is 0 Å². The van der Waals surface area contributed by atoms with Crippen LogP contribution in [0.3, 0.4) is 0 Å². The summed E-state index contributed by atoms with van der Waals surface area (Å²) in [5.74, 6) is 2.22. The first-order valence-corrected chi connectivity index (χ1v) is 9.56. The smallest absolute Gasteiger partial charge is 0.213 e. The molecule has 0 spiro atoms. The predicted molar refractivity (Wildman–Crippen MR) is 111 cm³/mol. The lowest BCUT2D eigenvalue weighted by Crippen LogP contribution is -2.36. The van der Waals surface area contributed by atoms with Crippen molar-refractivity contribution in [2.45, 2.75) is 26.9 Å². The number of hydrogen-bond acceptors (Lipinski definition) is 5. The SMILES string of the molecule is CCNC(=NCc1ccc(OCCOC)nc1)NCc1ccccc1OCC. The van der Waals surface area contributed by atoms with E-state index in [1.807, 2.05) is 50.2 Å². The second-order valence-corrected chi connectivity index (χ2v) is 5.94. The molecule has 2 N–H and O–H groups in total. The second kappa shape index (κ2) is 12.6. The van der Waals surface area contributed by atoms with E-state index in [0.29, 0.717) is 38.8 Å². The largest absolute Gasteiger partial charge is 0.494 e. The van der Waals surface area contributed by atoms with Gasteiger partial charge in [-0.2, -0.15) is 0 Å². The number of nitrogens with zero attached hydrogens (tertiary/aromatic N) is 2. The molecule has 0 unspecified atom stereocenters. The third kappa shape index (κ3) is 7.44. The molecule has 7 heteroatoms. The zero-order valence-electron chi connectivity index (χ0n) is 16.9. The van der Waals surface area contributed by atoms with Crippen molar-refractivity contribution in [3.8, 4) is 11.6 Å². The fourth-order valence-corrected chi connectivity index (χ4v) is 2.46. The van der Waals surface area contributed by atoms with Gasteiger partial charge in [0.1, 0.15) is 12.4 Å². The first-order chi connectivity index (χ1) is 13.8. The van der Waals surface area contributed by atoms with Gasteiger partial charge in [0.2, 0.25) is 5.88 Å². The van der Waals surface area contributed by atoms with Gasteiger partial charge in [0.25, 0.3) is 0 Å². The molecule has 152 valence electrons. The summed E-state index contributed by atoms with van der Waals surface area (Å²) >= 11 is 0. The highest BCUT2D eigenvalue weighted by Crippen LogP contribution is 2.17. The van der Waals surface area contributed by atoms with Crippen molar-refractivity contribution in [2.24, 2.45) is 4.99 Å². The highest BCUT2D eigenvalue weighted by Gasteiger charge is 2.04. The van der Waals surface area contributed by atoms with Gasteiger partial charge in [-0.1, -0.05) is 24.3 Å². The van der Waals surface area contributed by atoms with Crippen molar-refractivity contribution in [2.75, 3.05) is 33.5 Å². The van der Waals surface area contributed by atoms with E-state index in [2.05, 4.69) is 20.6 Å². The van der Waals surface area contributed by atoms with Crippen molar-refractivity contribution in [3.63, 3.8) is 0 Å². The second-order valence-electron chi connectivity index (χ2n) is 5.94. The summed E-state index contributed by atoms with van der Waals surface area (Å²) in [5, 5.41) is 6.61. The van der Waals surface area contributed by atoms with E-state index in [1.165, 1.54) is 0 Å². The zero-order valence-corrected chi connectivity index (χ0v) is 16.9. The summed E-state index contributed by atoms with van der Waals surface area (Å²) in [7, 11) is 1.64. The van der Waals surface area contributed by atoms with Gasteiger partial charge in [0.15, 0.2) is 5.96 Å². The monoisotopic (exact) mass is 386 g/mol. The molecule has 1 aromatic carbocycles. The third-order valence-corrected chi connectivity index (χ3v) is 3.82. The first kappa shape index (κ1) is 21.5. The summed E-state index contributed by atoms with van der Waals surface area (Å²) < 4.78 is 16.1. The number of rotatable bonds is 11. The molecule has 0 amide bonds. The van der Waals surface area contributed by atoms with Crippen LogP contribution in [0.1, 0.15) is 25.0 Å². The molecule has 2 aromatic rings. The van der Waals surface area contributed by atoms with Crippen LogP contribution in [0.5, 0.6) is 11.6 Å². The molecule has 0 aliphatic carbocycles. The number of para-hydroxylation sites is 1. The number of hydrogen-bond donors (Lipinski definition) is 2. The number of methoxy groups -OCH3 is 1. The molecular weight excluding hydrogens is 356 g/mol. The summed E-state index contributed by atoms with van der Waals surface area (Å²) in [5.41, 5.74) is 2.10. The standard InChI is InChI=1S/C21H30N4O3/c1-4-22-21(25-16-18-8-6-7-9-19(18)27-5-2)24-15-17-10-11-20(23-14-17)28-13-12-26-3/h6-11,14H,4-5,12-13,15-16H2,1-3H3,(H2,22,24,25). The quantitative estimate of drug-likeness (QED) is 0.351. The molecule has 0 aliphatic heterocycles. The van der Waals surface area contributed by atoms with Gasteiger partial charge >= 0.3 is 0 Å². The van der Waals surface area contributed by atoms with Gasteiger partial charge < -0.3 is 24.8 Å². The Labute approximate surface area is 167 Å². The number of guanidine groups is 1. The molecular formula is C21H30N4O3. The lowest BCUT2D eigenvalue weighted by molar-refractivity contribution is 0.143. The van der Waals surface area contributed by atoms with E-state index in [1.54, 1.807) is 13.3 Å². The number of pyridine rings is 1. The Bertz CT molecular complexity index is 720. The molecule has 7 nitrogen and oxygen atoms in total. The molecule has 1 heterocycles. The van der Waals surface area contributed by atoms with Crippen molar-refractivity contribution in [1.82, 2.24) is 15.6 Å². The van der Waals surface area contributed by atoms with Crippen LogP contribution in [0.4, 0.5) is 0 Å².